The second-order valence-electron chi connectivity index (χ2n) is 7.74. The highest BCUT2D eigenvalue weighted by Crippen LogP contribution is 2.34. The summed E-state index contributed by atoms with van der Waals surface area (Å²) in [5.74, 6) is 0.385. The Morgan fingerprint density at radius 3 is 2.72 bits per heavy atom. The molecule has 154 valence electrons. The van der Waals surface area contributed by atoms with Crippen molar-refractivity contribution in [3.05, 3.63) is 40.5 Å². The lowest BCUT2D eigenvalue weighted by Gasteiger charge is -2.32. The molecular formula is C20H22F2N4O3. The highest BCUT2D eigenvalue weighted by molar-refractivity contribution is 5.92. The molecule has 1 unspecified atom stereocenters. The SMILES string of the molecule is Cc1noc2nc(C3CCCN(C(=O)c4cc(C(C)C)on4)C3)cc(C(F)F)c12. The highest BCUT2D eigenvalue weighted by atomic mass is 19.3. The van der Waals surface area contributed by atoms with Crippen LogP contribution >= 0.6 is 0 Å². The van der Waals surface area contributed by atoms with Crippen LogP contribution in [-0.4, -0.2) is 39.2 Å². The van der Waals surface area contributed by atoms with Crippen molar-refractivity contribution in [3.8, 4) is 0 Å². The second-order valence-corrected chi connectivity index (χ2v) is 7.74. The Morgan fingerprint density at radius 1 is 1.24 bits per heavy atom. The summed E-state index contributed by atoms with van der Waals surface area (Å²) in [4.78, 5) is 18.9. The van der Waals surface area contributed by atoms with Crippen LogP contribution in [0.2, 0.25) is 0 Å². The number of pyridine rings is 1. The van der Waals surface area contributed by atoms with Crippen LogP contribution in [0.15, 0.2) is 21.2 Å². The quantitative estimate of drug-likeness (QED) is 0.632. The first-order valence-electron chi connectivity index (χ1n) is 9.66. The van der Waals surface area contributed by atoms with Crippen LogP contribution in [0, 0.1) is 6.92 Å². The van der Waals surface area contributed by atoms with Gasteiger partial charge < -0.3 is 13.9 Å². The molecule has 0 aromatic carbocycles. The number of amides is 1. The molecule has 9 heteroatoms. The molecule has 1 aliphatic rings. The summed E-state index contributed by atoms with van der Waals surface area (Å²) in [6.45, 7) is 6.48. The Balaban J connectivity index is 1.60. The average molecular weight is 404 g/mol. The number of carbonyl (C=O) groups is 1. The minimum atomic E-state index is -2.66. The number of aromatic nitrogens is 3. The van der Waals surface area contributed by atoms with E-state index in [1.807, 2.05) is 13.8 Å². The molecule has 1 saturated heterocycles. The van der Waals surface area contributed by atoms with Crippen molar-refractivity contribution < 1.29 is 22.6 Å². The van der Waals surface area contributed by atoms with E-state index in [0.717, 1.165) is 12.8 Å². The van der Waals surface area contributed by atoms with E-state index in [2.05, 4.69) is 15.3 Å². The third kappa shape index (κ3) is 3.61. The number of carbonyl (C=O) groups excluding carboxylic acids is 1. The van der Waals surface area contributed by atoms with Gasteiger partial charge in [0.05, 0.1) is 11.1 Å². The predicted octanol–water partition coefficient (Wildman–Crippen LogP) is 4.60. The van der Waals surface area contributed by atoms with Gasteiger partial charge in [0.15, 0.2) is 5.69 Å². The van der Waals surface area contributed by atoms with Crippen LogP contribution < -0.4 is 0 Å². The molecule has 3 aromatic rings. The van der Waals surface area contributed by atoms with Crippen molar-refractivity contribution in [3.63, 3.8) is 0 Å². The highest BCUT2D eigenvalue weighted by Gasteiger charge is 2.30. The van der Waals surface area contributed by atoms with Gasteiger partial charge in [-0.2, -0.15) is 0 Å². The number of likely N-dealkylation sites (tertiary alicyclic amines) is 1. The fourth-order valence-electron chi connectivity index (χ4n) is 3.76. The molecule has 0 aliphatic carbocycles. The number of rotatable bonds is 4. The maximum Gasteiger partial charge on any atom is 0.276 e. The Hall–Kier alpha value is -2.84. The maximum atomic E-state index is 13.6. The number of nitrogens with zero attached hydrogens (tertiary/aromatic N) is 4. The van der Waals surface area contributed by atoms with E-state index < -0.39 is 6.43 Å². The fraction of sp³-hybridized carbons (Fsp3) is 0.500. The minimum absolute atomic E-state index is 0.108. The minimum Gasteiger partial charge on any atom is -0.360 e. The maximum absolute atomic E-state index is 13.6. The number of fused-ring (bicyclic) bond motifs is 1. The molecular weight excluding hydrogens is 382 g/mol. The van der Waals surface area contributed by atoms with Crippen LogP contribution in [-0.2, 0) is 0 Å². The van der Waals surface area contributed by atoms with Gasteiger partial charge in [-0.05, 0) is 25.8 Å². The first-order valence-corrected chi connectivity index (χ1v) is 9.66. The molecule has 0 radical (unpaired) electrons. The van der Waals surface area contributed by atoms with Crippen molar-refractivity contribution >= 4 is 17.0 Å². The lowest BCUT2D eigenvalue weighted by atomic mass is 9.92. The van der Waals surface area contributed by atoms with Crippen molar-refractivity contribution in [1.82, 2.24) is 20.2 Å². The van der Waals surface area contributed by atoms with Crippen LogP contribution in [0.5, 0.6) is 0 Å². The number of piperidine rings is 1. The van der Waals surface area contributed by atoms with Gasteiger partial charge in [-0.25, -0.2) is 13.8 Å². The smallest absolute Gasteiger partial charge is 0.276 e. The fourth-order valence-corrected chi connectivity index (χ4v) is 3.76. The number of hydrogen-bond donors (Lipinski definition) is 0. The van der Waals surface area contributed by atoms with Crippen LogP contribution in [0.25, 0.3) is 11.1 Å². The van der Waals surface area contributed by atoms with Gasteiger partial charge >= 0.3 is 0 Å². The van der Waals surface area contributed by atoms with Crippen molar-refractivity contribution in [2.75, 3.05) is 13.1 Å². The van der Waals surface area contributed by atoms with E-state index in [9.17, 15) is 13.6 Å². The molecule has 1 fully saturated rings. The summed E-state index contributed by atoms with van der Waals surface area (Å²) in [6, 6.07) is 3.08. The molecule has 0 N–H and O–H groups in total. The van der Waals surface area contributed by atoms with Crippen molar-refractivity contribution in [2.24, 2.45) is 0 Å². The number of aryl methyl sites for hydroxylation is 1. The van der Waals surface area contributed by atoms with E-state index in [1.165, 1.54) is 6.07 Å². The zero-order valence-corrected chi connectivity index (χ0v) is 16.5. The Labute approximate surface area is 166 Å². The van der Waals surface area contributed by atoms with Gasteiger partial charge in [0.1, 0.15) is 5.76 Å². The second kappa shape index (κ2) is 7.53. The normalized spacial score (nSPS) is 17.6. The van der Waals surface area contributed by atoms with E-state index in [4.69, 9.17) is 9.05 Å². The molecule has 3 aromatic heterocycles. The molecule has 0 bridgehead atoms. The number of halogens is 2. The Kier molecular flexibility index (Phi) is 5.06. The van der Waals surface area contributed by atoms with Crippen molar-refractivity contribution in [1.29, 1.82) is 0 Å². The Bertz CT molecular complexity index is 1040. The third-order valence-electron chi connectivity index (χ3n) is 5.35. The first-order chi connectivity index (χ1) is 13.8. The molecule has 4 rings (SSSR count). The standard InChI is InChI=1S/C20H22F2N4O3/c1-10(2)16-8-15(25-28-16)20(27)26-6-4-5-12(9-26)14-7-13(18(21)22)17-11(3)24-29-19(17)23-14/h7-8,10,12,18H,4-6,9H2,1-3H3. The third-order valence-corrected chi connectivity index (χ3v) is 5.35. The predicted molar refractivity (Wildman–Crippen MR) is 100.0 cm³/mol. The van der Waals surface area contributed by atoms with E-state index >= 15 is 0 Å². The largest absolute Gasteiger partial charge is 0.360 e. The van der Waals surface area contributed by atoms with E-state index in [-0.39, 0.29) is 40.1 Å². The van der Waals surface area contributed by atoms with Gasteiger partial charge in [-0.1, -0.05) is 24.2 Å². The first kappa shape index (κ1) is 19.5. The molecule has 1 atom stereocenters. The van der Waals surface area contributed by atoms with Crippen LogP contribution in [0.4, 0.5) is 8.78 Å². The zero-order valence-electron chi connectivity index (χ0n) is 16.5. The molecule has 0 spiro atoms. The molecule has 1 aliphatic heterocycles. The average Bonchev–Trinajstić information content (AvgIpc) is 3.34. The lowest BCUT2D eigenvalue weighted by molar-refractivity contribution is 0.0695. The molecule has 7 nitrogen and oxygen atoms in total. The summed E-state index contributed by atoms with van der Waals surface area (Å²) in [5.41, 5.74) is 1.12. The van der Waals surface area contributed by atoms with Crippen LogP contribution in [0.1, 0.15) is 78.2 Å². The molecule has 29 heavy (non-hydrogen) atoms. The van der Waals surface area contributed by atoms with E-state index in [1.54, 1.807) is 17.9 Å². The van der Waals surface area contributed by atoms with E-state index in [0.29, 0.717) is 30.2 Å². The van der Waals surface area contributed by atoms with Gasteiger partial charge in [0, 0.05) is 42.2 Å². The molecule has 0 saturated carbocycles. The summed E-state index contributed by atoms with van der Waals surface area (Å²) in [6.07, 6.45) is -1.18. The topological polar surface area (TPSA) is 85.3 Å². The monoisotopic (exact) mass is 404 g/mol. The molecule has 4 heterocycles. The van der Waals surface area contributed by atoms with Gasteiger partial charge in [0.2, 0.25) is 0 Å². The zero-order chi connectivity index (χ0) is 20.7. The molecule has 1 amide bonds. The van der Waals surface area contributed by atoms with Gasteiger partial charge in [0.25, 0.3) is 18.0 Å². The lowest BCUT2D eigenvalue weighted by Crippen LogP contribution is -2.39. The summed E-state index contributed by atoms with van der Waals surface area (Å²) < 4.78 is 37.6. The summed E-state index contributed by atoms with van der Waals surface area (Å²) in [7, 11) is 0. The van der Waals surface area contributed by atoms with Gasteiger partial charge in [-0.3, -0.25) is 4.79 Å². The van der Waals surface area contributed by atoms with Gasteiger partial charge in [-0.15, -0.1) is 0 Å². The van der Waals surface area contributed by atoms with Crippen molar-refractivity contribution in [2.45, 2.75) is 51.9 Å². The number of alkyl halides is 2. The number of hydrogen-bond acceptors (Lipinski definition) is 6. The summed E-state index contributed by atoms with van der Waals surface area (Å²) >= 11 is 0. The Morgan fingerprint density at radius 2 is 2.03 bits per heavy atom. The van der Waals surface area contributed by atoms with Crippen LogP contribution in [0.3, 0.4) is 0 Å². The summed E-state index contributed by atoms with van der Waals surface area (Å²) in [5, 5.41) is 7.92.